The molecule has 0 radical (unpaired) electrons. The predicted octanol–water partition coefficient (Wildman–Crippen LogP) is 3.22. The number of likely N-dealkylation sites (tertiary alicyclic amines) is 1. The molecule has 30 heavy (non-hydrogen) atoms. The molecule has 4 rings (SSSR count). The Kier molecular flexibility index (Phi) is 6.59. The number of hydrogen-bond acceptors (Lipinski definition) is 5. The van der Waals surface area contributed by atoms with E-state index in [9.17, 15) is 9.59 Å². The fourth-order valence-electron chi connectivity index (χ4n) is 4.01. The van der Waals surface area contributed by atoms with Crippen LogP contribution in [0.25, 0.3) is 0 Å². The lowest BCUT2D eigenvalue weighted by Crippen LogP contribution is -2.41. The molecular formula is C23H28N4O3. The number of benzene rings is 1. The first-order valence-corrected chi connectivity index (χ1v) is 10.8. The highest BCUT2D eigenvalue weighted by Gasteiger charge is 2.30. The molecule has 2 aromatic rings. The van der Waals surface area contributed by atoms with Crippen molar-refractivity contribution in [3.63, 3.8) is 0 Å². The van der Waals surface area contributed by atoms with Crippen molar-refractivity contribution in [3.8, 4) is 11.6 Å². The Hall–Kier alpha value is -2.93. The van der Waals surface area contributed by atoms with Gasteiger partial charge in [-0.1, -0.05) is 25.0 Å². The third kappa shape index (κ3) is 4.79. The predicted molar refractivity (Wildman–Crippen MR) is 115 cm³/mol. The van der Waals surface area contributed by atoms with Crippen LogP contribution in [0.5, 0.6) is 11.6 Å². The summed E-state index contributed by atoms with van der Waals surface area (Å²) < 4.78 is 5.85. The molecule has 158 valence electrons. The Labute approximate surface area is 177 Å². The van der Waals surface area contributed by atoms with E-state index in [1.165, 1.54) is 30.6 Å². The SMILES string of the molecule is O=C(CN1C(=O)c2cccnc2Oc2ccccc21)NCCCN1CCCCCC1. The Balaban J connectivity index is 1.38. The molecular weight excluding hydrogens is 380 g/mol. The monoisotopic (exact) mass is 408 g/mol. The fourth-order valence-corrected chi connectivity index (χ4v) is 4.01. The second kappa shape index (κ2) is 9.71. The van der Waals surface area contributed by atoms with Crippen molar-refractivity contribution in [1.29, 1.82) is 0 Å². The molecule has 1 N–H and O–H groups in total. The van der Waals surface area contributed by atoms with Gasteiger partial charge in [0, 0.05) is 12.7 Å². The van der Waals surface area contributed by atoms with E-state index in [1.807, 2.05) is 12.1 Å². The van der Waals surface area contributed by atoms with Gasteiger partial charge in [-0.3, -0.25) is 14.5 Å². The van der Waals surface area contributed by atoms with Crippen LogP contribution >= 0.6 is 0 Å². The van der Waals surface area contributed by atoms with Gasteiger partial charge < -0.3 is 15.0 Å². The molecule has 7 heteroatoms. The minimum atomic E-state index is -0.289. The summed E-state index contributed by atoms with van der Waals surface area (Å²) in [5.74, 6) is 0.302. The standard InChI is InChI=1S/C23H28N4O3/c28-21(24-13-8-16-26-14-5-1-2-6-15-26)17-27-19-10-3-4-11-20(19)30-22-18(23(27)29)9-7-12-25-22/h3-4,7,9-12H,1-2,5-6,8,13-17H2,(H,24,28). The van der Waals surface area contributed by atoms with E-state index in [1.54, 1.807) is 30.5 Å². The molecule has 0 unspecified atom stereocenters. The number of fused-ring (bicyclic) bond motifs is 2. The van der Waals surface area contributed by atoms with Crippen LogP contribution in [0.4, 0.5) is 5.69 Å². The van der Waals surface area contributed by atoms with Crippen molar-refractivity contribution in [1.82, 2.24) is 15.2 Å². The van der Waals surface area contributed by atoms with E-state index in [-0.39, 0.29) is 24.2 Å². The number of amides is 2. The first kappa shape index (κ1) is 20.3. The zero-order valence-corrected chi connectivity index (χ0v) is 17.2. The summed E-state index contributed by atoms with van der Waals surface area (Å²) in [7, 11) is 0. The lowest BCUT2D eigenvalue weighted by molar-refractivity contribution is -0.119. The summed E-state index contributed by atoms with van der Waals surface area (Å²) in [4.78, 5) is 33.9. The molecule has 2 aliphatic heterocycles. The average molecular weight is 409 g/mol. The smallest absolute Gasteiger partial charge is 0.264 e. The van der Waals surface area contributed by atoms with Crippen molar-refractivity contribution < 1.29 is 14.3 Å². The Morgan fingerprint density at radius 2 is 1.87 bits per heavy atom. The second-order valence-electron chi connectivity index (χ2n) is 7.78. The first-order chi connectivity index (χ1) is 14.7. The normalized spacial score (nSPS) is 16.7. The highest BCUT2D eigenvalue weighted by molar-refractivity contribution is 6.11. The largest absolute Gasteiger partial charge is 0.436 e. The topological polar surface area (TPSA) is 74.8 Å². The van der Waals surface area contributed by atoms with Crippen molar-refractivity contribution in [2.45, 2.75) is 32.1 Å². The van der Waals surface area contributed by atoms with Gasteiger partial charge in [-0.05, 0) is 63.2 Å². The van der Waals surface area contributed by atoms with E-state index >= 15 is 0 Å². The van der Waals surface area contributed by atoms with Crippen LogP contribution in [0.15, 0.2) is 42.6 Å². The Morgan fingerprint density at radius 1 is 1.07 bits per heavy atom. The van der Waals surface area contributed by atoms with Crippen molar-refractivity contribution in [2.75, 3.05) is 37.6 Å². The van der Waals surface area contributed by atoms with Gasteiger partial charge in [0.2, 0.25) is 11.8 Å². The number of rotatable bonds is 6. The molecule has 2 amide bonds. The van der Waals surface area contributed by atoms with Crippen LogP contribution in [0.1, 0.15) is 42.5 Å². The maximum atomic E-state index is 13.1. The third-order valence-corrected chi connectivity index (χ3v) is 5.58. The van der Waals surface area contributed by atoms with Gasteiger partial charge in [0.15, 0.2) is 5.75 Å². The number of hydrogen-bond donors (Lipinski definition) is 1. The van der Waals surface area contributed by atoms with Gasteiger partial charge in [0.1, 0.15) is 12.1 Å². The molecule has 1 saturated heterocycles. The second-order valence-corrected chi connectivity index (χ2v) is 7.78. The average Bonchev–Trinajstić information content (AvgIpc) is 3.09. The number of nitrogens with one attached hydrogen (secondary N) is 1. The Bertz CT molecular complexity index is 894. The highest BCUT2D eigenvalue weighted by Crippen LogP contribution is 2.37. The lowest BCUT2D eigenvalue weighted by Gasteiger charge is -2.22. The molecule has 0 bridgehead atoms. The molecule has 7 nitrogen and oxygen atoms in total. The summed E-state index contributed by atoms with van der Waals surface area (Å²) in [6.45, 7) is 3.85. The van der Waals surface area contributed by atoms with E-state index < -0.39 is 0 Å². The van der Waals surface area contributed by atoms with Gasteiger partial charge in [0.05, 0.1) is 5.69 Å². The van der Waals surface area contributed by atoms with E-state index in [0.29, 0.717) is 23.5 Å². The van der Waals surface area contributed by atoms with Crippen LogP contribution in [-0.4, -0.2) is 54.4 Å². The van der Waals surface area contributed by atoms with Crippen LogP contribution < -0.4 is 15.0 Å². The van der Waals surface area contributed by atoms with Gasteiger partial charge in [-0.25, -0.2) is 4.98 Å². The van der Waals surface area contributed by atoms with E-state index in [2.05, 4.69) is 15.2 Å². The molecule has 0 atom stereocenters. The fraction of sp³-hybridized carbons (Fsp3) is 0.435. The zero-order chi connectivity index (χ0) is 20.8. The number of ether oxygens (including phenoxy) is 1. The number of pyridine rings is 1. The number of aromatic nitrogens is 1. The molecule has 3 heterocycles. The van der Waals surface area contributed by atoms with Gasteiger partial charge in [0.25, 0.3) is 5.91 Å². The lowest BCUT2D eigenvalue weighted by atomic mass is 10.2. The molecule has 1 aromatic carbocycles. The summed E-state index contributed by atoms with van der Waals surface area (Å²) in [5, 5.41) is 2.96. The van der Waals surface area contributed by atoms with Gasteiger partial charge in [-0.15, -0.1) is 0 Å². The van der Waals surface area contributed by atoms with Gasteiger partial charge in [-0.2, -0.15) is 0 Å². The zero-order valence-electron chi connectivity index (χ0n) is 17.2. The third-order valence-electron chi connectivity index (χ3n) is 5.58. The Morgan fingerprint density at radius 3 is 2.70 bits per heavy atom. The van der Waals surface area contributed by atoms with E-state index in [0.717, 1.165) is 26.1 Å². The molecule has 1 aromatic heterocycles. The summed E-state index contributed by atoms with van der Waals surface area (Å²) in [5.41, 5.74) is 0.919. The molecule has 0 saturated carbocycles. The van der Waals surface area contributed by atoms with E-state index in [4.69, 9.17) is 4.74 Å². The number of anilines is 1. The number of para-hydroxylation sites is 2. The summed E-state index contributed by atoms with van der Waals surface area (Å²) in [6, 6.07) is 10.6. The maximum absolute atomic E-state index is 13.1. The van der Waals surface area contributed by atoms with Crippen molar-refractivity contribution in [3.05, 3.63) is 48.2 Å². The molecule has 0 spiro atoms. The molecule has 1 fully saturated rings. The van der Waals surface area contributed by atoms with Crippen LogP contribution in [0, 0.1) is 0 Å². The van der Waals surface area contributed by atoms with Crippen LogP contribution in [0.3, 0.4) is 0 Å². The minimum absolute atomic E-state index is 0.0583. The molecule has 0 aliphatic carbocycles. The number of carbonyl (C=O) groups is 2. The quantitative estimate of drug-likeness (QED) is 0.743. The van der Waals surface area contributed by atoms with Crippen molar-refractivity contribution in [2.24, 2.45) is 0 Å². The van der Waals surface area contributed by atoms with Gasteiger partial charge >= 0.3 is 0 Å². The number of carbonyl (C=O) groups excluding carboxylic acids is 2. The molecule has 2 aliphatic rings. The number of nitrogens with zero attached hydrogens (tertiary/aromatic N) is 3. The summed E-state index contributed by atoms with van der Waals surface area (Å²) in [6.07, 6.45) is 7.66. The van der Waals surface area contributed by atoms with Crippen molar-refractivity contribution >= 4 is 17.5 Å². The summed E-state index contributed by atoms with van der Waals surface area (Å²) >= 11 is 0. The first-order valence-electron chi connectivity index (χ1n) is 10.8. The highest BCUT2D eigenvalue weighted by atomic mass is 16.5. The van der Waals surface area contributed by atoms with Crippen LogP contribution in [-0.2, 0) is 4.79 Å². The van der Waals surface area contributed by atoms with Crippen LogP contribution in [0.2, 0.25) is 0 Å². The maximum Gasteiger partial charge on any atom is 0.264 e. The minimum Gasteiger partial charge on any atom is -0.436 e.